The predicted molar refractivity (Wildman–Crippen MR) is 95.0 cm³/mol. The molecule has 1 saturated heterocycles. The Morgan fingerprint density at radius 3 is 2.91 bits per heavy atom. The van der Waals surface area contributed by atoms with Crippen LogP contribution in [0.5, 0.6) is 0 Å². The smallest absolute Gasteiger partial charge is 0.240 e. The number of rotatable bonds is 5. The molecule has 0 radical (unpaired) electrons. The number of thiazole rings is 1. The molecular formula is C17H22N4OS. The molecule has 2 aromatic rings. The van der Waals surface area contributed by atoms with E-state index in [0.717, 1.165) is 25.9 Å². The normalized spacial score (nSPS) is 16.2. The number of amides is 1. The maximum absolute atomic E-state index is 12.0. The van der Waals surface area contributed by atoms with E-state index >= 15 is 0 Å². The Hall–Kier alpha value is -1.92. The highest BCUT2D eigenvalue weighted by Gasteiger charge is 2.21. The first-order chi connectivity index (χ1) is 11.2. The van der Waals surface area contributed by atoms with E-state index in [2.05, 4.69) is 51.7 Å². The van der Waals surface area contributed by atoms with E-state index < -0.39 is 0 Å². The summed E-state index contributed by atoms with van der Waals surface area (Å²) in [6.07, 6.45) is 3.81. The van der Waals surface area contributed by atoms with Gasteiger partial charge in [-0.1, -0.05) is 12.1 Å². The van der Waals surface area contributed by atoms with Crippen LogP contribution >= 0.6 is 11.3 Å². The molecule has 0 atom stereocenters. The van der Waals surface area contributed by atoms with E-state index in [4.69, 9.17) is 0 Å². The second-order valence-corrected chi connectivity index (χ2v) is 6.84. The SMILES string of the molecule is Cc1cccc(NC2CCN(CC(=O)Nc3nccs3)CC2)c1. The van der Waals surface area contributed by atoms with Crippen LogP contribution in [0, 0.1) is 6.92 Å². The van der Waals surface area contributed by atoms with Gasteiger partial charge >= 0.3 is 0 Å². The van der Waals surface area contributed by atoms with Crippen LogP contribution in [0.2, 0.25) is 0 Å². The summed E-state index contributed by atoms with van der Waals surface area (Å²) in [5, 5.41) is 8.97. The monoisotopic (exact) mass is 330 g/mol. The number of aryl methyl sites for hydroxylation is 1. The Balaban J connectivity index is 1.42. The van der Waals surface area contributed by atoms with Gasteiger partial charge in [0.15, 0.2) is 5.13 Å². The largest absolute Gasteiger partial charge is 0.382 e. The van der Waals surface area contributed by atoms with Gasteiger partial charge in [-0.25, -0.2) is 4.98 Å². The summed E-state index contributed by atoms with van der Waals surface area (Å²) in [4.78, 5) is 18.3. The van der Waals surface area contributed by atoms with Crippen LogP contribution in [0.3, 0.4) is 0 Å². The van der Waals surface area contributed by atoms with Gasteiger partial charge in [0.1, 0.15) is 0 Å². The number of nitrogens with one attached hydrogen (secondary N) is 2. The summed E-state index contributed by atoms with van der Waals surface area (Å²) in [7, 11) is 0. The van der Waals surface area contributed by atoms with Crippen LogP contribution < -0.4 is 10.6 Å². The van der Waals surface area contributed by atoms with Crippen LogP contribution in [-0.2, 0) is 4.79 Å². The molecule has 0 spiro atoms. The highest BCUT2D eigenvalue weighted by molar-refractivity contribution is 7.13. The molecule has 5 nitrogen and oxygen atoms in total. The quantitative estimate of drug-likeness (QED) is 0.885. The summed E-state index contributed by atoms with van der Waals surface area (Å²) in [5.74, 6) is 0.0186. The fourth-order valence-electron chi connectivity index (χ4n) is 2.85. The average Bonchev–Trinajstić information content (AvgIpc) is 3.02. The van der Waals surface area contributed by atoms with E-state index in [-0.39, 0.29) is 5.91 Å². The van der Waals surface area contributed by atoms with Gasteiger partial charge in [-0.3, -0.25) is 9.69 Å². The van der Waals surface area contributed by atoms with Crippen LogP contribution in [0.15, 0.2) is 35.8 Å². The number of aromatic nitrogens is 1. The van der Waals surface area contributed by atoms with Crippen LogP contribution in [-0.4, -0.2) is 41.5 Å². The van der Waals surface area contributed by atoms with E-state index in [1.165, 1.54) is 22.6 Å². The third-order valence-electron chi connectivity index (χ3n) is 4.02. The van der Waals surface area contributed by atoms with Crippen molar-refractivity contribution in [1.82, 2.24) is 9.88 Å². The molecule has 2 heterocycles. The molecule has 2 N–H and O–H groups in total. The molecule has 1 aliphatic heterocycles. The predicted octanol–water partition coefficient (Wildman–Crippen LogP) is 2.97. The third-order valence-corrected chi connectivity index (χ3v) is 4.71. The summed E-state index contributed by atoms with van der Waals surface area (Å²) in [6, 6.07) is 8.95. The molecular weight excluding hydrogens is 308 g/mol. The van der Waals surface area contributed by atoms with Crippen molar-refractivity contribution in [1.29, 1.82) is 0 Å². The Labute approximate surface area is 140 Å². The summed E-state index contributed by atoms with van der Waals surface area (Å²) in [6.45, 7) is 4.43. The second-order valence-electron chi connectivity index (χ2n) is 5.95. The lowest BCUT2D eigenvalue weighted by molar-refractivity contribution is -0.117. The highest BCUT2D eigenvalue weighted by atomic mass is 32.1. The van der Waals surface area contributed by atoms with Gasteiger partial charge in [0.25, 0.3) is 0 Å². The third kappa shape index (κ3) is 4.77. The van der Waals surface area contributed by atoms with Gasteiger partial charge in [-0.2, -0.15) is 0 Å². The van der Waals surface area contributed by atoms with Crippen molar-refractivity contribution in [3.8, 4) is 0 Å². The van der Waals surface area contributed by atoms with Crippen molar-refractivity contribution in [2.24, 2.45) is 0 Å². The molecule has 1 aromatic heterocycles. The number of hydrogen-bond acceptors (Lipinski definition) is 5. The molecule has 0 unspecified atom stereocenters. The average molecular weight is 330 g/mol. The van der Waals surface area contributed by atoms with Crippen molar-refractivity contribution in [3.05, 3.63) is 41.4 Å². The zero-order chi connectivity index (χ0) is 16.1. The first kappa shape index (κ1) is 16.0. The molecule has 6 heteroatoms. The molecule has 1 aliphatic rings. The molecule has 0 bridgehead atoms. The van der Waals surface area contributed by atoms with Crippen molar-refractivity contribution in [2.75, 3.05) is 30.3 Å². The van der Waals surface area contributed by atoms with E-state index in [9.17, 15) is 4.79 Å². The van der Waals surface area contributed by atoms with E-state index in [0.29, 0.717) is 17.7 Å². The number of carbonyl (C=O) groups is 1. The van der Waals surface area contributed by atoms with Gasteiger partial charge < -0.3 is 10.6 Å². The lowest BCUT2D eigenvalue weighted by atomic mass is 10.0. The lowest BCUT2D eigenvalue weighted by Crippen LogP contribution is -2.42. The van der Waals surface area contributed by atoms with Crippen molar-refractivity contribution in [3.63, 3.8) is 0 Å². The number of nitrogens with zero attached hydrogens (tertiary/aromatic N) is 2. The van der Waals surface area contributed by atoms with Gasteiger partial charge in [0.2, 0.25) is 5.91 Å². The zero-order valence-corrected chi connectivity index (χ0v) is 14.1. The number of benzene rings is 1. The minimum Gasteiger partial charge on any atom is -0.382 e. The first-order valence-corrected chi connectivity index (χ1v) is 8.82. The van der Waals surface area contributed by atoms with Gasteiger partial charge in [0, 0.05) is 36.4 Å². The molecule has 1 amide bonds. The van der Waals surface area contributed by atoms with Gasteiger partial charge in [-0.15, -0.1) is 11.3 Å². The minimum absolute atomic E-state index is 0.0186. The second kappa shape index (κ2) is 7.57. The number of carbonyl (C=O) groups excluding carboxylic acids is 1. The summed E-state index contributed by atoms with van der Waals surface area (Å²) >= 11 is 1.44. The topological polar surface area (TPSA) is 57.3 Å². The minimum atomic E-state index is 0.0186. The number of piperidine rings is 1. The van der Waals surface area contributed by atoms with E-state index in [1.54, 1.807) is 6.20 Å². The molecule has 1 aromatic carbocycles. The number of hydrogen-bond donors (Lipinski definition) is 2. The molecule has 0 aliphatic carbocycles. The van der Waals surface area contributed by atoms with Gasteiger partial charge in [-0.05, 0) is 37.5 Å². The van der Waals surface area contributed by atoms with Crippen LogP contribution in [0.25, 0.3) is 0 Å². The van der Waals surface area contributed by atoms with Crippen molar-refractivity contribution in [2.45, 2.75) is 25.8 Å². The van der Waals surface area contributed by atoms with Crippen molar-refractivity contribution < 1.29 is 4.79 Å². The Morgan fingerprint density at radius 2 is 2.22 bits per heavy atom. The standard InChI is InChI=1S/C17H22N4OS/c1-13-3-2-4-15(11-13)19-14-5-8-21(9-6-14)12-16(22)20-17-18-7-10-23-17/h2-4,7,10-11,14,19H,5-6,8-9,12H2,1H3,(H,18,20,22). The first-order valence-electron chi connectivity index (χ1n) is 7.94. The van der Waals surface area contributed by atoms with Crippen LogP contribution in [0.1, 0.15) is 18.4 Å². The molecule has 0 saturated carbocycles. The van der Waals surface area contributed by atoms with E-state index in [1.807, 2.05) is 5.38 Å². The summed E-state index contributed by atoms with van der Waals surface area (Å²) < 4.78 is 0. The highest BCUT2D eigenvalue weighted by Crippen LogP contribution is 2.18. The Kier molecular flexibility index (Phi) is 5.25. The van der Waals surface area contributed by atoms with Crippen molar-refractivity contribution >= 4 is 28.1 Å². The summed E-state index contributed by atoms with van der Waals surface area (Å²) in [5.41, 5.74) is 2.45. The maximum atomic E-state index is 12.0. The fraction of sp³-hybridized carbons (Fsp3) is 0.412. The fourth-order valence-corrected chi connectivity index (χ4v) is 3.40. The molecule has 122 valence electrons. The molecule has 23 heavy (non-hydrogen) atoms. The molecule has 1 fully saturated rings. The van der Waals surface area contributed by atoms with Gasteiger partial charge in [0.05, 0.1) is 6.54 Å². The Morgan fingerprint density at radius 1 is 1.39 bits per heavy atom. The van der Waals surface area contributed by atoms with Crippen LogP contribution in [0.4, 0.5) is 10.8 Å². The maximum Gasteiger partial charge on any atom is 0.240 e. The number of anilines is 2. The molecule has 3 rings (SSSR count). The number of likely N-dealkylation sites (tertiary alicyclic amines) is 1. The zero-order valence-electron chi connectivity index (χ0n) is 13.3. The Bertz CT molecular complexity index is 636. The lowest BCUT2D eigenvalue weighted by Gasteiger charge is -2.32.